The number of ether oxygens (including phenoxy) is 2. The van der Waals surface area contributed by atoms with Gasteiger partial charge >= 0.3 is 0 Å². The van der Waals surface area contributed by atoms with Crippen molar-refractivity contribution in [3.05, 3.63) is 0 Å². The minimum absolute atomic E-state index is 0.149. The summed E-state index contributed by atoms with van der Waals surface area (Å²) in [6.45, 7) is 5.58. The normalized spacial score (nSPS) is 24.4. The lowest BCUT2D eigenvalue weighted by Crippen LogP contribution is -2.68. The number of nitrogens with two attached hydrogens (primary N) is 1. The fourth-order valence-corrected chi connectivity index (χ4v) is 2.46. The molecule has 0 aromatic carbocycles. The summed E-state index contributed by atoms with van der Waals surface area (Å²) in [6, 6.07) is 0. The van der Waals surface area contributed by atoms with Gasteiger partial charge in [0.05, 0.1) is 6.61 Å². The summed E-state index contributed by atoms with van der Waals surface area (Å²) in [7, 11) is 1.72. The van der Waals surface area contributed by atoms with E-state index in [1.54, 1.807) is 7.11 Å². The molecular formula is C12H24N2O2. The van der Waals surface area contributed by atoms with Gasteiger partial charge in [0.25, 0.3) is 0 Å². The zero-order chi connectivity index (χ0) is 11.4. The van der Waals surface area contributed by atoms with Crippen molar-refractivity contribution in [2.24, 2.45) is 11.7 Å². The van der Waals surface area contributed by atoms with Crippen LogP contribution in [0.4, 0.5) is 0 Å². The molecular weight excluding hydrogens is 204 g/mol. The largest absolute Gasteiger partial charge is 0.385 e. The Labute approximate surface area is 98.1 Å². The van der Waals surface area contributed by atoms with Gasteiger partial charge in [0.1, 0.15) is 0 Å². The summed E-state index contributed by atoms with van der Waals surface area (Å²) < 4.78 is 10.5. The van der Waals surface area contributed by atoms with Gasteiger partial charge in [-0.2, -0.15) is 0 Å². The standard InChI is InChI=1S/C12H24N2O2/c1-15-6-2-7-16-8-5-14-9-12(13,10-14)11-3-4-11/h11H,2-10,13H2,1H3. The molecule has 2 fully saturated rings. The molecule has 2 N–H and O–H groups in total. The first-order valence-electron chi connectivity index (χ1n) is 6.32. The summed E-state index contributed by atoms with van der Waals surface area (Å²) >= 11 is 0. The Balaban J connectivity index is 1.44. The molecule has 0 amide bonds. The van der Waals surface area contributed by atoms with E-state index in [1.807, 2.05) is 0 Å². The van der Waals surface area contributed by atoms with Crippen molar-refractivity contribution in [3.8, 4) is 0 Å². The summed E-state index contributed by atoms with van der Waals surface area (Å²) in [5, 5.41) is 0. The van der Waals surface area contributed by atoms with Gasteiger partial charge in [-0.1, -0.05) is 0 Å². The topological polar surface area (TPSA) is 47.7 Å². The molecule has 0 aromatic heterocycles. The van der Waals surface area contributed by atoms with Crippen LogP contribution in [0.15, 0.2) is 0 Å². The van der Waals surface area contributed by atoms with E-state index in [0.29, 0.717) is 0 Å². The fraction of sp³-hybridized carbons (Fsp3) is 1.00. The van der Waals surface area contributed by atoms with E-state index in [2.05, 4.69) is 4.90 Å². The molecule has 0 atom stereocenters. The van der Waals surface area contributed by atoms with Gasteiger partial charge in [0, 0.05) is 45.5 Å². The monoisotopic (exact) mass is 228 g/mol. The quantitative estimate of drug-likeness (QED) is 0.613. The Morgan fingerprint density at radius 1 is 1.25 bits per heavy atom. The maximum atomic E-state index is 6.27. The average molecular weight is 228 g/mol. The second kappa shape index (κ2) is 5.45. The molecule has 0 radical (unpaired) electrons. The van der Waals surface area contributed by atoms with E-state index in [-0.39, 0.29) is 5.54 Å². The van der Waals surface area contributed by atoms with E-state index in [1.165, 1.54) is 12.8 Å². The molecule has 4 heteroatoms. The van der Waals surface area contributed by atoms with Crippen LogP contribution >= 0.6 is 0 Å². The molecule has 1 aliphatic carbocycles. The fourth-order valence-electron chi connectivity index (χ4n) is 2.46. The molecule has 1 saturated carbocycles. The van der Waals surface area contributed by atoms with Gasteiger partial charge in [0.2, 0.25) is 0 Å². The number of rotatable bonds is 8. The van der Waals surface area contributed by atoms with Crippen LogP contribution in [0.3, 0.4) is 0 Å². The summed E-state index contributed by atoms with van der Waals surface area (Å²) in [6.07, 6.45) is 3.68. The van der Waals surface area contributed by atoms with Gasteiger partial charge in [-0.15, -0.1) is 0 Å². The van der Waals surface area contributed by atoms with Gasteiger partial charge in [0.15, 0.2) is 0 Å². The van der Waals surface area contributed by atoms with E-state index in [4.69, 9.17) is 15.2 Å². The average Bonchev–Trinajstić information content (AvgIpc) is 3.03. The van der Waals surface area contributed by atoms with Crippen LogP contribution in [0, 0.1) is 5.92 Å². The molecule has 2 aliphatic rings. The molecule has 94 valence electrons. The molecule has 4 nitrogen and oxygen atoms in total. The minimum atomic E-state index is 0.149. The third-order valence-corrected chi connectivity index (χ3v) is 3.62. The highest BCUT2D eigenvalue weighted by Gasteiger charge is 2.49. The number of likely N-dealkylation sites (tertiary alicyclic amines) is 1. The maximum Gasteiger partial charge on any atom is 0.0593 e. The lowest BCUT2D eigenvalue weighted by atomic mass is 9.86. The van der Waals surface area contributed by atoms with Crippen molar-refractivity contribution in [2.75, 3.05) is 46.6 Å². The van der Waals surface area contributed by atoms with Crippen molar-refractivity contribution in [3.63, 3.8) is 0 Å². The Kier molecular flexibility index (Phi) is 4.19. The van der Waals surface area contributed by atoms with Gasteiger partial charge < -0.3 is 15.2 Å². The second-order valence-electron chi connectivity index (χ2n) is 5.18. The van der Waals surface area contributed by atoms with Crippen molar-refractivity contribution in [2.45, 2.75) is 24.8 Å². The molecule has 1 heterocycles. The van der Waals surface area contributed by atoms with Crippen molar-refractivity contribution in [1.29, 1.82) is 0 Å². The first-order valence-corrected chi connectivity index (χ1v) is 6.32. The number of nitrogens with zero attached hydrogens (tertiary/aromatic N) is 1. The van der Waals surface area contributed by atoms with E-state index < -0.39 is 0 Å². The van der Waals surface area contributed by atoms with Crippen LogP contribution < -0.4 is 5.73 Å². The van der Waals surface area contributed by atoms with Crippen LogP contribution in [-0.2, 0) is 9.47 Å². The summed E-state index contributed by atoms with van der Waals surface area (Å²) in [4.78, 5) is 2.40. The second-order valence-corrected chi connectivity index (χ2v) is 5.18. The van der Waals surface area contributed by atoms with Crippen LogP contribution in [0.25, 0.3) is 0 Å². The number of hydrogen-bond donors (Lipinski definition) is 1. The highest BCUT2D eigenvalue weighted by atomic mass is 16.5. The lowest BCUT2D eigenvalue weighted by molar-refractivity contribution is 0.0187. The Hall–Kier alpha value is -0.160. The van der Waals surface area contributed by atoms with E-state index >= 15 is 0 Å². The summed E-state index contributed by atoms with van der Waals surface area (Å²) in [5.41, 5.74) is 6.42. The van der Waals surface area contributed by atoms with Crippen LogP contribution in [0.5, 0.6) is 0 Å². The maximum absolute atomic E-state index is 6.27. The highest BCUT2D eigenvalue weighted by molar-refractivity contribution is 5.08. The third kappa shape index (κ3) is 3.17. The van der Waals surface area contributed by atoms with Gasteiger partial charge in [-0.05, 0) is 25.2 Å². The SMILES string of the molecule is COCCCOCCN1CC(N)(C2CC2)C1. The molecule has 16 heavy (non-hydrogen) atoms. The lowest BCUT2D eigenvalue weighted by Gasteiger charge is -2.48. The predicted octanol–water partition coefficient (Wildman–Crippen LogP) is 0.463. The number of methoxy groups -OCH3 is 1. The molecule has 0 spiro atoms. The van der Waals surface area contributed by atoms with Crippen LogP contribution in [-0.4, -0.2) is 57.0 Å². The molecule has 2 rings (SSSR count). The zero-order valence-corrected chi connectivity index (χ0v) is 10.3. The first kappa shape index (κ1) is 12.3. The van der Waals surface area contributed by atoms with Crippen LogP contribution in [0.1, 0.15) is 19.3 Å². The minimum Gasteiger partial charge on any atom is -0.385 e. The molecule has 0 unspecified atom stereocenters. The van der Waals surface area contributed by atoms with Crippen molar-refractivity contribution < 1.29 is 9.47 Å². The first-order chi connectivity index (χ1) is 7.74. The third-order valence-electron chi connectivity index (χ3n) is 3.62. The van der Waals surface area contributed by atoms with Crippen LogP contribution in [0.2, 0.25) is 0 Å². The zero-order valence-electron chi connectivity index (χ0n) is 10.3. The predicted molar refractivity (Wildman–Crippen MR) is 63.4 cm³/mol. The Bertz CT molecular complexity index is 213. The Morgan fingerprint density at radius 2 is 2.00 bits per heavy atom. The molecule has 0 bridgehead atoms. The van der Waals surface area contributed by atoms with Gasteiger partial charge in [-0.25, -0.2) is 0 Å². The van der Waals surface area contributed by atoms with Crippen molar-refractivity contribution in [1.82, 2.24) is 4.90 Å². The molecule has 1 saturated heterocycles. The molecule has 0 aromatic rings. The van der Waals surface area contributed by atoms with Crippen molar-refractivity contribution >= 4 is 0 Å². The smallest absolute Gasteiger partial charge is 0.0593 e. The van der Waals surface area contributed by atoms with Gasteiger partial charge in [-0.3, -0.25) is 4.90 Å². The van der Waals surface area contributed by atoms with E-state index in [9.17, 15) is 0 Å². The molecule has 1 aliphatic heterocycles. The summed E-state index contributed by atoms with van der Waals surface area (Å²) in [5.74, 6) is 0.811. The number of hydrogen-bond acceptors (Lipinski definition) is 4. The highest BCUT2D eigenvalue weighted by Crippen LogP contribution is 2.42. The Morgan fingerprint density at radius 3 is 2.62 bits per heavy atom. The van der Waals surface area contributed by atoms with E-state index in [0.717, 1.165) is 51.8 Å².